The zero-order chi connectivity index (χ0) is 35.3. The zero-order valence-electron chi connectivity index (χ0n) is 29.1. The minimum atomic E-state index is 0.871. The van der Waals surface area contributed by atoms with E-state index >= 15 is 0 Å². The summed E-state index contributed by atoms with van der Waals surface area (Å²) in [5.74, 6) is 0. The molecule has 2 nitrogen and oxygen atoms in total. The van der Waals surface area contributed by atoms with Crippen LogP contribution in [0, 0.1) is 0 Å². The van der Waals surface area contributed by atoms with E-state index in [4.69, 9.17) is 8.83 Å². The summed E-state index contributed by atoms with van der Waals surface area (Å²) >= 11 is 0. The Bertz CT molecular complexity index is 3430. The van der Waals surface area contributed by atoms with Gasteiger partial charge in [0.05, 0.1) is 0 Å². The van der Waals surface area contributed by atoms with E-state index in [1.807, 2.05) is 12.1 Å². The van der Waals surface area contributed by atoms with Crippen LogP contribution in [-0.4, -0.2) is 0 Å². The van der Waals surface area contributed by atoms with Crippen molar-refractivity contribution in [1.82, 2.24) is 0 Å². The van der Waals surface area contributed by atoms with Crippen molar-refractivity contribution in [3.63, 3.8) is 0 Å². The number of hydrogen-bond acceptors (Lipinski definition) is 2. The number of hydrogen-bond donors (Lipinski definition) is 0. The third-order valence-electron chi connectivity index (χ3n) is 11.4. The number of para-hydroxylation sites is 1. The zero-order valence-corrected chi connectivity index (χ0v) is 29.1. The SMILES string of the molecule is c1ccc2cc(-c3c4ccccc4c(-c4ccc(-c5ccc6c(c5)oc5c7ccccc7c7oc8ccccc8c7c65)cc4)c4ccccc34)ccc2c1. The van der Waals surface area contributed by atoms with Gasteiger partial charge in [0.25, 0.3) is 0 Å². The smallest absolute Gasteiger partial charge is 0.144 e. The maximum Gasteiger partial charge on any atom is 0.144 e. The molecule has 0 saturated carbocycles. The maximum atomic E-state index is 6.77. The molecule has 12 rings (SSSR count). The second-order valence-electron chi connectivity index (χ2n) is 14.3. The molecule has 0 spiro atoms. The van der Waals surface area contributed by atoms with Gasteiger partial charge < -0.3 is 8.83 Å². The van der Waals surface area contributed by atoms with Crippen LogP contribution in [-0.2, 0) is 0 Å². The van der Waals surface area contributed by atoms with Gasteiger partial charge in [-0.3, -0.25) is 0 Å². The molecule has 250 valence electrons. The summed E-state index contributed by atoms with van der Waals surface area (Å²) in [6.45, 7) is 0. The summed E-state index contributed by atoms with van der Waals surface area (Å²) in [7, 11) is 0. The van der Waals surface area contributed by atoms with Crippen LogP contribution in [0.5, 0.6) is 0 Å². The van der Waals surface area contributed by atoms with E-state index in [1.165, 1.54) is 54.6 Å². The van der Waals surface area contributed by atoms with Gasteiger partial charge in [0.15, 0.2) is 0 Å². The highest BCUT2D eigenvalue weighted by atomic mass is 16.3. The molecule has 10 aromatic carbocycles. The van der Waals surface area contributed by atoms with Crippen molar-refractivity contribution in [3.05, 3.63) is 182 Å². The van der Waals surface area contributed by atoms with Gasteiger partial charge in [-0.15, -0.1) is 0 Å². The Kier molecular flexibility index (Phi) is 6.09. The van der Waals surface area contributed by atoms with Crippen molar-refractivity contribution in [2.24, 2.45) is 0 Å². The van der Waals surface area contributed by atoms with Crippen LogP contribution < -0.4 is 0 Å². The Labute approximate surface area is 310 Å². The Balaban J connectivity index is 1.02. The second-order valence-corrected chi connectivity index (χ2v) is 14.3. The molecule has 0 bridgehead atoms. The van der Waals surface area contributed by atoms with Gasteiger partial charge >= 0.3 is 0 Å². The van der Waals surface area contributed by atoms with Crippen molar-refractivity contribution in [1.29, 1.82) is 0 Å². The fourth-order valence-corrected chi connectivity index (χ4v) is 9.00. The van der Waals surface area contributed by atoms with Crippen LogP contribution in [0.1, 0.15) is 0 Å². The first-order valence-electron chi connectivity index (χ1n) is 18.5. The Morgan fingerprint density at radius 1 is 0.259 bits per heavy atom. The van der Waals surface area contributed by atoms with Gasteiger partial charge in [0.2, 0.25) is 0 Å². The lowest BCUT2D eigenvalue weighted by molar-refractivity contribution is 0.668. The van der Waals surface area contributed by atoms with E-state index < -0.39 is 0 Å². The second kappa shape index (κ2) is 11.2. The number of benzene rings is 10. The molecule has 0 amide bonds. The highest BCUT2D eigenvalue weighted by molar-refractivity contribution is 6.34. The Hall–Kier alpha value is -7.16. The van der Waals surface area contributed by atoms with Gasteiger partial charge in [-0.05, 0) is 90.0 Å². The lowest BCUT2D eigenvalue weighted by atomic mass is 9.85. The molecule has 2 heterocycles. The molecule has 0 fully saturated rings. The summed E-state index contributed by atoms with van der Waals surface area (Å²) in [6, 6.07) is 65.5. The molecule has 0 atom stereocenters. The Morgan fingerprint density at radius 3 is 1.35 bits per heavy atom. The number of rotatable bonds is 3. The average Bonchev–Trinajstić information content (AvgIpc) is 3.82. The van der Waals surface area contributed by atoms with Gasteiger partial charge in [-0.1, -0.05) is 158 Å². The van der Waals surface area contributed by atoms with Crippen LogP contribution in [0.25, 0.3) is 120 Å². The van der Waals surface area contributed by atoms with Gasteiger partial charge in [0.1, 0.15) is 22.3 Å². The fourth-order valence-electron chi connectivity index (χ4n) is 9.00. The molecule has 0 unspecified atom stereocenters. The van der Waals surface area contributed by atoms with Crippen LogP contribution in [0.15, 0.2) is 191 Å². The molecule has 0 N–H and O–H groups in total. The number of fused-ring (bicyclic) bond motifs is 13. The highest BCUT2D eigenvalue weighted by Gasteiger charge is 2.21. The third-order valence-corrected chi connectivity index (χ3v) is 11.4. The molecular formula is C52H30O2. The van der Waals surface area contributed by atoms with Crippen molar-refractivity contribution >= 4 is 87.0 Å². The average molecular weight is 687 g/mol. The summed E-state index contributed by atoms with van der Waals surface area (Å²) < 4.78 is 13.3. The van der Waals surface area contributed by atoms with Gasteiger partial charge in [0, 0.05) is 32.3 Å². The molecule has 0 aliphatic heterocycles. The minimum absolute atomic E-state index is 0.871. The molecule has 0 saturated heterocycles. The summed E-state index contributed by atoms with van der Waals surface area (Å²) in [6.07, 6.45) is 0. The van der Waals surface area contributed by atoms with E-state index in [0.717, 1.165) is 65.8 Å². The van der Waals surface area contributed by atoms with E-state index in [2.05, 4.69) is 170 Å². The largest absolute Gasteiger partial charge is 0.455 e. The number of furan rings is 2. The fraction of sp³-hybridized carbons (Fsp3) is 0. The van der Waals surface area contributed by atoms with Crippen LogP contribution in [0.4, 0.5) is 0 Å². The highest BCUT2D eigenvalue weighted by Crippen LogP contribution is 2.47. The summed E-state index contributed by atoms with van der Waals surface area (Å²) in [4.78, 5) is 0. The van der Waals surface area contributed by atoms with Crippen molar-refractivity contribution in [2.45, 2.75) is 0 Å². The predicted molar refractivity (Wildman–Crippen MR) is 227 cm³/mol. The molecule has 12 aromatic rings. The van der Waals surface area contributed by atoms with Crippen LogP contribution >= 0.6 is 0 Å². The van der Waals surface area contributed by atoms with Gasteiger partial charge in [-0.2, -0.15) is 0 Å². The molecule has 0 aliphatic rings. The van der Waals surface area contributed by atoms with Crippen molar-refractivity contribution in [2.75, 3.05) is 0 Å². The van der Waals surface area contributed by atoms with Gasteiger partial charge in [-0.25, -0.2) is 0 Å². The van der Waals surface area contributed by atoms with E-state index in [1.54, 1.807) is 0 Å². The molecular weight excluding hydrogens is 657 g/mol. The molecule has 0 aliphatic carbocycles. The standard InChI is InChI=1S/C52H30O2/c1-2-12-34-29-36(26-23-31(34)11-1)48-39-15-5-3-13-37(39)47(38-14-4-6-16-40(38)48)33-24-21-32(22-25-33)35-27-28-44-46(30-35)54-52-42-18-8-7-17-41(42)51-49(50(44)52)43-19-9-10-20-45(43)53-51/h1-30H. The lowest BCUT2D eigenvalue weighted by Crippen LogP contribution is -1.91. The Morgan fingerprint density at radius 2 is 0.704 bits per heavy atom. The first-order valence-corrected chi connectivity index (χ1v) is 18.5. The van der Waals surface area contributed by atoms with Crippen LogP contribution in [0.3, 0.4) is 0 Å². The monoisotopic (exact) mass is 686 g/mol. The van der Waals surface area contributed by atoms with Crippen LogP contribution in [0.2, 0.25) is 0 Å². The minimum Gasteiger partial charge on any atom is -0.455 e. The normalized spacial score (nSPS) is 12.1. The lowest BCUT2D eigenvalue weighted by Gasteiger charge is -2.18. The van der Waals surface area contributed by atoms with E-state index in [9.17, 15) is 0 Å². The first kappa shape index (κ1) is 29.4. The van der Waals surface area contributed by atoms with E-state index in [-0.39, 0.29) is 0 Å². The molecule has 2 aromatic heterocycles. The topological polar surface area (TPSA) is 26.3 Å². The molecule has 2 heteroatoms. The first-order chi connectivity index (χ1) is 26.8. The molecule has 0 radical (unpaired) electrons. The molecule has 54 heavy (non-hydrogen) atoms. The quantitative estimate of drug-likeness (QED) is 0.173. The van der Waals surface area contributed by atoms with E-state index in [0.29, 0.717) is 0 Å². The summed E-state index contributed by atoms with van der Waals surface area (Å²) in [5, 5.41) is 14.1. The van der Waals surface area contributed by atoms with Crippen molar-refractivity contribution in [3.8, 4) is 33.4 Å². The van der Waals surface area contributed by atoms with Crippen molar-refractivity contribution < 1.29 is 8.83 Å². The third kappa shape index (κ3) is 4.17. The maximum absolute atomic E-state index is 6.77. The predicted octanol–water partition coefficient (Wildman–Crippen LogP) is 15.1. The summed E-state index contributed by atoms with van der Waals surface area (Å²) in [5.41, 5.74) is 10.8.